The van der Waals surface area contributed by atoms with Gasteiger partial charge in [-0.1, -0.05) is 32.9 Å². The van der Waals surface area contributed by atoms with Crippen molar-refractivity contribution in [2.45, 2.75) is 27.2 Å². The molecular weight excluding hydrogens is 176 g/mol. The summed E-state index contributed by atoms with van der Waals surface area (Å²) in [6.45, 7) is 5.72. The smallest absolute Gasteiger partial charge is 0.313 e. The van der Waals surface area contributed by atoms with Gasteiger partial charge in [0.2, 0.25) is 0 Å². The maximum Gasteiger partial charge on any atom is 0.313 e. The van der Waals surface area contributed by atoms with Gasteiger partial charge in [0.05, 0.1) is 5.92 Å². The van der Waals surface area contributed by atoms with E-state index >= 15 is 0 Å². The van der Waals surface area contributed by atoms with Crippen molar-refractivity contribution < 1.29 is 9.53 Å². The van der Waals surface area contributed by atoms with Crippen molar-refractivity contribution in [1.82, 2.24) is 0 Å². The maximum absolute atomic E-state index is 11.3. The van der Waals surface area contributed by atoms with Crippen LogP contribution in [0.25, 0.3) is 0 Å². The largest absolute Gasteiger partial charge is 0.426 e. The van der Waals surface area contributed by atoms with Gasteiger partial charge < -0.3 is 4.74 Å². The quantitative estimate of drug-likeness (QED) is 0.543. The van der Waals surface area contributed by atoms with Crippen LogP contribution < -0.4 is 4.74 Å². The molecule has 0 aliphatic rings. The van der Waals surface area contributed by atoms with E-state index in [4.69, 9.17) is 4.74 Å². The molecule has 1 aromatic rings. The van der Waals surface area contributed by atoms with Crippen LogP contribution in [-0.2, 0) is 11.2 Å². The third-order valence-corrected chi connectivity index (χ3v) is 2.00. The summed E-state index contributed by atoms with van der Waals surface area (Å²) < 4.78 is 5.18. The van der Waals surface area contributed by atoms with Crippen molar-refractivity contribution in [3.05, 3.63) is 29.8 Å². The van der Waals surface area contributed by atoms with E-state index in [9.17, 15) is 4.79 Å². The zero-order valence-electron chi connectivity index (χ0n) is 8.91. The first kappa shape index (κ1) is 10.8. The fraction of sp³-hybridized carbons (Fsp3) is 0.417. The topological polar surface area (TPSA) is 26.3 Å². The summed E-state index contributed by atoms with van der Waals surface area (Å²) in [4.78, 5) is 11.3. The van der Waals surface area contributed by atoms with Crippen molar-refractivity contribution >= 4 is 5.97 Å². The number of esters is 1. The maximum atomic E-state index is 11.3. The number of benzene rings is 1. The summed E-state index contributed by atoms with van der Waals surface area (Å²) in [5.74, 6) is 0.376. The standard InChI is InChI=1S/C12H16O2/c1-4-10-6-5-7-11(8-10)14-12(13)9(2)3/h5-9H,4H2,1-3H3. The number of hydrogen-bond donors (Lipinski definition) is 0. The summed E-state index contributed by atoms with van der Waals surface area (Å²) in [5.41, 5.74) is 1.18. The zero-order valence-corrected chi connectivity index (χ0v) is 8.91. The molecule has 0 unspecified atom stereocenters. The highest BCUT2D eigenvalue weighted by atomic mass is 16.5. The van der Waals surface area contributed by atoms with Gasteiger partial charge in [-0.2, -0.15) is 0 Å². The number of hydrogen-bond acceptors (Lipinski definition) is 2. The molecule has 0 aliphatic carbocycles. The van der Waals surface area contributed by atoms with Gasteiger partial charge in [-0.05, 0) is 24.1 Å². The SMILES string of the molecule is CCc1cccc(OC(=O)C(C)C)c1. The van der Waals surface area contributed by atoms with Gasteiger partial charge in [-0.3, -0.25) is 4.79 Å². The molecule has 0 bridgehead atoms. The Labute approximate surface area is 84.9 Å². The molecule has 2 heteroatoms. The molecule has 76 valence electrons. The van der Waals surface area contributed by atoms with Crippen LogP contribution in [0.4, 0.5) is 0 Å². The molecule has 0 aliphatic heterocycles. The van der Waals surface area contributed by atoms with E-state index < -0.39 is 0 Å². The minimum Gasteiger partial charge on any atom is -0.426 e. The van der Waals surface area contributed by atoms with Gasteiger partial charge in [0.15, 0.2) is 0 Å². The van der Waals surface area contributed by atoms with Crippen molar-refractivity contribution in [2.24, 2.45) is 5.92 Å². The number of carbonyl (C=O) groups is 1. The molecular formula is C12H16O2. The monoisotopic (exact) mass is 192 g/mol. The van der Waals surface area contributed by atoms with Crippen LogP contribution in [0.2, 0.25) is 0 Å². The summed E-state index contributed by atoms with van der Waals surface area (Å²) in [7, 11) is 0. The Bertz CT molecular complexity index is 316. The van der Waals surface area contributed by atoms with Crippen LogP contribution in [0.15, 0.2) is 24.3 Å². The normalized spacial score (nSPS) is 10.3. The minimum absolute atomic E-state index is 0.0831. The predicted molar refractivity (Wildman–Crippen MR) is 56.3 cm³/mol. The third kappa shape index (κ3) is 2.87. The first-order valence-electron chi connectivity index (χ1n) is 4.94. The highest BCUT2D eigenvalue weighted by Gasteiger charge is 2.09. The molecule has 14 heavy (non-hydrogen) atoms. The first-order valence-corrected chi connectivity index (χ1v) is 4.94. The second-order valence-electron chi connectivity index (χ2n) is 3.58. The minimum atomic E-state index is -0.182. The number of rotatable bonds is 3. The summed E-state index contributed by atoms with van der Waals surface area (Å²) >= 11 is 0. The number of carbonyl (C=O) groups excluding carboxylic acids is 1. The van der Waals surface area contributed by atoms with Crippen molar-refractivity contribution in [1.29, 1.82) is 0 Å². The van der Waals surface area contributed by atoms with Crippen molar-refractivity contribution in [3.8, 4) is 5.75 Å². The molecule has 0 spiro atoms. The first-order chi connectivity index (χ1) is 6.63. The molecule has 0 amide bonds. The molecule has 2 nitrogen and oxygen atoms in total. The Morgan fingerprint density at radius 2 is 2.14 bits per heavy atom. The average Bonchev–Trinajstić information content (AvgIpc) is 2.18. The highest BCUT2D eigenvalue weighted by Crippen LogP contribution is 2.15. The van der Waals surface area contributed by atoms with Crippen LogP contribution >= 0.6 is 0 Å². The predicted octanol–water partition coefficient (Wildman–Crippen LogP) is 2.81. The average molecular weight is 192 g/mol. The van der Waals surface area contributed by atoms with Crippen LogP contribution in [0.5, 0.6) is 5.75 Å². The van der Waals surface area contributed by atoms with Crippen molar-refractivity contribution in [2.75, 3.05) is 0 Å². The van der Waals surface area contributed by atoms with Crippen LogP contribution in [0.3, 0.4) is 0 Å². The molecule has 0 heterocycles. The summed E-state index contributed by atoms with van der Waals surface area (Å²) in [5, 5.41) is 0. The van der Waals surface area contributed by atoms with Gasteiger partial charge in [0, 0.05) is 0 Å². The van der Waals surface area contributed by atoms with E-state index in [0.717, 1.165) is 6.42 Å². The molecule has 0 radical (unpaired) electrons. The van der Waals surface area contributed by atoms with E-state index in [1.165, 1.54) is 5.56 Å². The molecule has 0 saturated carbocycles. The van der Waals surface area contributed by atoms with Gasteiger partial charge in [-0.25, -0.2) is 0 Å². The molecule has 0 atom stereocenters. The zero-order chi connectivity index (χ0) is 10.6. The Morgan fingerprint density at radius 1 is 1.43 bits per heavy atom. The van der Waals surface area contributed by atoms with E-state index in [0.29, 0.717) is 5.75 Å². The second kappa shape index (κ2) is 4.80. The Balaban J connectivity index is 2.72. The number of aryl methyl sites for hydroxylation is 1. The molecule has 1 aromatic carbocycles. The van der Waals surface area contributed by atoms with Gasteiger partial charge in [0.1, 0.15) is 5.75 Å². The summed E-state index contributed by atoms with van der Waals surface area (Å²) in [6, 6.07) is 7.63. The van der Waals surface area contributed by atoms with Crippen LogP contribution in [-0.4, -0.2) is 5.97 Å². The van der Waals surface area contributed by atoms with E-state index in [1.54, 1.807) is 6.07 Å². The lowest BCUT2D eigenvalue weighted by Crippen LogP contribution is -2.14. The van der Waals surface area contributed by atoms with E-state index in [2.05, 4.69) is 6.92 Å². The molecule has 1 rings (SSSR count). The Morgan fingerprint density at radius 3 is 2.71 bits per heavy atom. The lowest BCUT2D eigenvalue weighted by atomic mass is 10.1. The second-order valence-corrected chi connectivity index (χ2v) is 3.58. The Kier molecular flexibility index (Phi) is 3.69. The van der Waals surface area contributed by atoms with Gasteiger partial charge in [0.25, 0.3) is 0 Å². The lowest BCUT2D eigenvalue weighted by Gasteiger charge is -2.07. The Hall–Kier alpha value is -1.31. The van der Waals surface area contributed by atoms with Gasteiger partial charge >= 0.3 is 5.97 Å². The van der Waals surface area contributed by atoms with Gasteiger partial charge in [-0.15, -0.1) is 0 Å². The third-order valence-electron chi connectivity index (χ3n) is 2.00. The lowest BCUT2D eigenvalue weighted by molar-refractivity contribution is -0.137. The molecule has 0 fully saturated rings. The summed E-state index contributed by atoms with van der Waals surface area (Å²) in [6.07, 6.45) is 0.951. The molecule has 0 N–H and O–H groups in total. The highest BCUT2D eigenvalue weighted by molar-refractivity contribution is 5.74. The molecule has 0 saturated heterocycles. The van der Waals surface area contributed by atoms with Crippen LogP contribution in [0, 0.1) is 5.92 Å². The fourth-order valence-corrected chi connectivity index (χ4v) is 1.06. The van der Waals surface area contributed by atoms with E-state index in [1.807, 2.05) is 32.0 Å². The van der Waals surface area contributed by atoms with E-state index in [-0.39, 0.29) is 11.9 Å². The molecule has 0 aromatic heterocycles. The van der Waals surface area contributed by atoms with Crippen LogP contribution in [0.1, 0.15) is 26.3 Å². The van der Waals surface area contributed by atoms with Crippen molar-refractivity contribution in [3.63, 3.8) is 0 Å². The number of ether oxygens (including phenoxy) is 1. The fourth-order valence-electron chi connectivity index (χ4n) is 1.06.